The molecule has 0 aliphatic heterocycles. The molecule has 0 bridgehead atoms. The number of aliphatic hydroxyl groups excluding tert-OH is 1. The summed E-state index contributed by atoms with van der Waals surface area (Å²) in [6, 6.07) is -0.855. The third kappa shape index (κ3) is 46.6. The Hall–Kier alpha value is -3.36. The average Bonchev–Trinajstić information content (AvgIpc) is 3.25. The molecule has 64 heavy (non-hydrogen) atoms. The van der Waals surface area contributed by atoms with Gasteiger partial charge >= 0.3 is 7.82 Å². The van der Waals surface area contributed by atoms with Crippen LogP contribution in [0.15, 0.2) is 134 Å². The Morgan fingerprint density at radius 3 is 1.34 bits per heavy atom. The monoisotopic (exact) mass is 908 g/mol. The van der Waals surface area contributed by atoms with Gasteiger partial charge in [-0.2, -0.15) is 0 Å². The van der Waals surface area contributed by atoms with Crippen molar-refractivity contribution < 1.29 is 32.9 Å². The molecule has 0 aliphatic rings. The Bertz CT molecular complexity index is 1490. The number of quaternary nitrogens is 1. The first-order valence-corrected chi connectivity index (χ1v) is 26.1. The largest absolute Gasteiger partial charge is 0.472 e. The fraction of sp³-hybridized carbons (Fsp3) is 0.582. The molecule has 0 radical (unpaired) electrons. The summed E-state index contributed by atoms with van der Waals surface area (Å²) in [6.45, 7) is 4.44. The lowest BCUT2D eigenvalue weighted by Crippen LogP contribution is -2.45. The van der Waals surface area contributed by atoms with E-state index in [1.54, 1.807) is 6.08 Å². The van der Waals surface area contributed by atoms with Crippen LogP contribution in [0.1, 0.15) is 155 Å². The number of nitrogens with zero attached hydrogens (tertiary/aromatic N) is 1. The molecule has 3 unspecified atom stereocenters. The first kappa shape index (κ1) is 60.6. The molecule has 8 nitrogen and oxygen atoms in total. The predicted molar refractivity (Wildman–Crippen MR) is 276 cm³/mol. The van der Waals surface area contributed by atoms with Gasteiger partial charge in [0.25, 0.3) is 0 Å². The number of carbonyl (C=O) groups is 1. The van der Waals surface area contributed by atoms with E-state index in [2.05, 4.69) is 134 Å². The molecule has 1 amide bonds. The number of hydrogen-bond donors (Lipinski definition) is 3. The van der Waals surface area contributed by atoms with Crippen molar-refractivity contribution in [1.82, 2.24) is 5.32 Å². The van der Waals surface area contributed by atoms with Gasteiger partial charge in [-0.05, 0) is 89.9 Å². The zero-order valence-electron chi connectivity index (χ0n) is 41.0. The highest BCUT2D eigenvalue weighted by Gasteiger charge is 2.27. The summed E-state index contributed by atoms with van der Waals surface area (Å²) in [5, 5.41) is 13.5. The summed E-state index contributed by atoms with van der Waals surface area (Å²) in [4.78, 5) is 22.8. The Kier molecular flexibility index (Phi) is 42.5. The van der Waals surface area contributed by atoms with Gasteiger partial charge in [0.05, 0.1) is 39.9 Å². The second kappa shape index (κ2) is 44.8. The summed E-state index contributed by atoms with van der Waals surface area (Å²) in [5.74, 6) is -0.206. The summed E-state index contributed by atoms with van der Waals surface area (Å²) >= 11 is 0. The van der Waals surface area contributed by atoms with Gasteiger partial charge < -0.3 is 19.8 Å². The summed E-state index contributed by atoms with van der Waals surface area (Å²) in [6.07, 6.45) is 69.2. The fourth-order valence-electron chi connectivity index (χ4n) is 6.01. The van der Waals surface area contributed by atoms with E-state index >= 15 is 0 Å². The van der Waals surface area contributed by atoms with Crippen molar-refractivity contribution in [3.63, 3.8) is 0 Å². The first-order valence-electron chi connectivity index (χ1n) is 24.6. The Balaban J connectivity index is 3.91. The van der Waals surface area contributed by atoms with Crippen molar-refractivity contribution in [3.8, 4) is 0 Å². The lowest BCUT2D eigenvalue weighted by Gasteiger charge is -2.25. The van der Waals surface area contributed by atoms with E-state index in [0.29, 0.717) is 17.4 Å². The minimum Gasteiger partial charge on any atom is -0.387 e. The van der Waals surface area contributed by atoms with Crippen LogP contribution in [0.4, 0.5) is 0 Å². The maximum absolute atomic E-state index is 12.7. The molecule has 0 saturated heterocycles. The molecule has 3 atom stereocenters. The molecular weight excluding hydrogens is 816 g/mol. The SMILES string of the molecule is CC/C=C\C/C=C\C/C=C\C/C=C\C/C=C\C/C=C\C/C=C\C/C=C\C/C=C\C/C=C\CCCCCCCCCCC(=O)NC(COP(=O)(O)OCC[N+](C)(C)C)C(O)/C=C/CCC. The third-order valence-electron chi connectivity index (χ3n) is 9.86. The zero-order chi connectivity index (χ0) is 47.1. The van der Waals surface area contributed by atoms with Crippen LogP contribution in [0.5, 0.6) is 0 Å². The topological polar surface area (TPSA) is 105 Å². The number of allylic oxidation sites excluding steroid dienone is 21. The van der Waals surface area contributed by atoms with Gasteiger partial charge in [-0.15, -0.1) is 0 Å². The molecule has 0 heterocycles. The first-order chi connectivity index (χ1) is 31.0. The van der Waals surface area contributed by atoms with Crippen molar-refractivity contribution in [3.05, 3.63) is 134 Å². The number of phosphoric acid groups is 1. The molecule has 0 aromatic heterocycles. The van der Waals surface area contributed by atoms with Gasteiger partial charge in [-0.25, -0.2) is 4.57 Å². The van der Waals surface area contributed by atoms with Crippen LogP contribution in [-0.2, 0) is 18.4 Å². The number of unbranched alkanes of at least 4 members (excludes halogenated alkanes) is 9. The molecule has 3 N–H and O–H groups in total. The van der Waals surface area contributed by atoms with Crippen molar-refractivity contribution in [2.45, 2.75) is 167 Å². The standard InChI is InChI=1S/C55H91N2O6P/c1-6-8-10-11-12-13-14-15-16-17-18-19-20-21-22-23-24-25-26-27-28-29-30-31-32-33-34-35-36-37-38-39-40-41-42-43-44-45-47-49-55(59)56-53(54(58)48-46-9-7-2)52-63-64(60,61)62-51-50-57(3,4)5/h8,10,12-13,15-16,18-19,21-22,24-25,27-28,30-31,33-34,36-37,46,48,53-54,58H,6-7,9,11,14,17,20,23,26,29,32,35,38-45,47,49-52H2,1-5H3,(H-,56,59,60,61)/p+1/b10-8-,13-12-,16-15-,19-18-,22-21-,25-24-,28-27-,31-30-,34-33-,37-36-,48-46+. The highest BCUT2D eigenvalue weighted by atomic mass is 31.2. The van der Waals surface area contributed by atoms with Crippen molar-refractivity contribution in [2.24, 2.45) is 0 Å². The van der Waals surface area contributed by atoms with Crippen LogP contribution in [-0.4, -0.2) is 73.4 Å². The smallest absolute Gasteiger partial charge is 0.387 e. The number of aliphatic hydroxyl groups is 1. The number of phosphoric ester groups is 1. The van der Waals surface area contributed by atoms with Crippen LogP contribution in [0.2, 0.25) is 0 Å². The molecular formula is C55H92N2O6P+. The van der Waals surface area contributed by atoms with Gasteiger partial charge in [0.2, 0.25) is 5.91 Å². The van der Waals surface area contributed by atoms with E-state index in [4.69, 9.17) is 9.05 Å². The summed E-state index contributed by atoms with van der Waals surface area (Å²) < 4.78 is 23.2. The van der Waals surface area contributed by atoms with Crippen LogP contribution in [0.25, 0.3) is 0 Å². The van der Waals surface area contributed by atoms with Gasteiger partial charge in [0, 0.05) is 6.42 Å². The fourth-order valence-corrected chi connectivity index (χ4v) is 6.75. The van der Waals surface area contributed by atoms with Crippen LogP contribution >= 0.6 is 7.82 Å². The number of hydrogen-bond acceptors (Lipinski definition) is 5. The molecule has 0 aliphatic carbocycles. The van der Waals surface area contributed by atoms with Crippen molar-refractivity contribution in [2.75, 3.05) is 40.9 Å². The number of carbonyl (C=O) groups excluding carboxylic acids is 1. The van der Waals surface area contributed by atoms with Gasteiger partial charge in [0.1, 0.15) is 13.2 Å². The lowest BCUT2D eigenvalue weighted by atomic mass is 10.1. The molecule has 0 spiro atoms. The van der Waals surface area contributed by atoms with E-state index in [9.17, 15) is 19.4 Å². The van der Waals surface area contributed by atoms with Crippen molar-refractivity contribution >= 4 is 13.7 Å². The van der Waals surface area contributed by atoms with Gasteiger partial charge in [0.15, 0.2) is 0 Å². The normalized spacial score (nSPS) is 15.3. The highest BCUT2D eigenvalue weighted by Crippen LogP contribution is 2.43. The predicted octanol–water partition coefficient (Wildman–Crippen LogP) is 14.4. The van der Waals surface area contributed by atoms with E-state index in [0.717, 1.165) is 109 Å². The molecule has 0 saturated carbocycles. The Labute approximate surface area is 392 Å². The van der Waals surface area contributed by atoms with Gasteiger partial charge in [-0.1, -0.05) is 192 Å². The number of amides is 1. The van der Waals surface area contributed by atoms with E-state index in [1.807, 2.05) is 34.1 Å². The molecule has 0 aromatic rings. The third-order valence-corrected chi connectivity index (χ3v) is 10.8. The zero-order valence-corrected chi connectivity index (χ0v) is 41.9. The van der Waals surface area contributed by atoms with E-state index in [1.165, 1.54) is 25.7 Å². The Morgan fingerprint density at radius 1 is 0.547 bits per heavy atom. The van der Waals surface area contributed by atoms with Crippen LogP contribution in [0, 0.1) is 0 Å². The second-order valence-electron chi connectivity index (χ2n) is 17.1. The molecule has 0 rings (SSSR count). The maximum atomic E-state index is 12.7. The average molecular weight is 908 g/mol. The molecule has 362 valence electrons. The molecule has 9 heteroatoms. The number of rotatable bonds is 42. The minimum absolute atomic E-state index is 0.0510. The minimum atomic E-state index is -4.33. The summed E-state index contributed by atoms with van der Waals surface area (Å²) in [5.41, 5.74) is 0. The number of nitrogens with one attached hydrogen (secondary N) is 1. The highest BCUT2D eigenvalue weighted by molar-refractivity contribution is 7.47. The van der Waals surface area contributed by atoms with E-state index in [-0.39, 0.29) is 19.1 Å². The lowest BCUT2D eigenvalue weighted by molar-refractivity contribution is -0.870. The van der Waals surface area contributed by atoms with Crippen LogP contribution in [0.3, 0.4) is 0 Å². The molecule has 0 fully saturated rings. The van der Waals surface area contributed by atoms with Crippen LogP contribution < -0.4 is 5.32 Å². The second-order valence-corrected chi connectivity index (χ2v) is 18.6. The quantitative estimate of drug-likeness (QED) is 0.0244. The maximum Gasteiger partial charge on any atom is 0.472 e. The number of likely N-dealkylation sites (N-methyl/N-ethyl adjacent to an activating group) is 1. The van der Waals surface area contributed by atoms with E-state index < -0.39 is 20.0 Å². The Morgan fingerprint density at radius 2 is 0.938 bits per heavy atom. The van der Waals surface area contributed by atoms with Crippen molar-refractivity contribution in [1.29, 1.82) is 0 Å². The summed E-state index contributed by atoms with van der Waals surface area (Å²) in [7, 11) is 1.53. The van der Waals surface area contributed by atoms with Gasteiger partial charge in [-0.3, -0.25) is 13.8 Å². The molecule has 0 aromatic carbocycles.